The maximum atomic E-state index is 12.8. The van der Waals surface area contributed by atoms with Crippen molar-refractivity contribution in [3.05, 3.63) is 29.8 Å². The van der Waals surface area contributed by atoms with Gasteiger partial charge in [0.15, 0.2) is 0 Å². The highest BCUT2D eigenvalue weighted by atomic mass is 35.5. The molecule has 3 aliphatic rings. The molecule has 2 saturated carbocycles. The summed E-state index contributed by atoms with van der Waals surface area (Å²) in [6.45, 7) is 0.205. The van der Waals surface area contributed by atoms with E-state index in [4.69, 9.17) is 5.73 Å². The van der Waals surface area contributed by atoms with E-state index in [0.717, 1.165) is 24.8 Å². The first-order valence-corrected chi connectivity index (χ1v) is 9.02. The molecule has 3 N–H and O–H groups in total. The van der Waals surface area contributed by atoms with Crippen molar-refractivity contribution in [1.82, 2.24) is 4.90 Å². The van der Waals surface area contributed by atoms with Gasteiger partial charge in [-0.1, -0.05) is 18.2 Å². The zero-order chi connectivity index (χ0) is 17.6. The molecule has 4 rings (SSSR count). The Labute approximate surface area is 158 Å². The fourth-order valence-corrected chi connectivity index (χ4v) is 4.69. The molecule has 6 nitrogen and oxygen atoms in total. The smallest absolute Gasteiger partial charge is 0.229 e. The molecule has 1 aliphatic heterocycles. The molecule has 140 valence electrons. The van der Waals surface area contributed by atoms with E-state index in [1.807, 2.05) is 24.3 Å². The first kappa shape index (κ1) is 18.9. The fourth-order valence-electron chi connectivity index (χ4n) is 4.69. The predicted octanol–water partition coefficient (Wildman–Crippen LogP) is 2.07. The summed E-state index contributed by atoms with van der Waals surface area (Å²) in [6.07, 6.45) is 3.80. The first-order valence-electron chi connectivity index (χ1n) is 9.02. The normalized spacial score (nSPS) is 29.8. The van der Waals surface area contributed by atoms with Gasteiger partial charge in [0.2, 0.25) is 17.7 Å². The molecule has 7 heteroatoms. The minimum absolute atomic E-state index is 0. The van der Waals surface area contributed by atoms with E-state index in [2.05, 4.69) is 5.32 Å². The topological polar surface area (TPSA) is 92.5 Å². The fraction of sp³-hybridized carbons (Fsp3) is 0.526. The summed E-state index contributed by atoms with van der Waals surface area (Å²) in [7, 11) is 0. The number of carbonyl (C=O) groups excluding carboxylic acids is 3. The van der Waals surface area contributed by atoms with Crippen molar-refractivity contribution in [2.75, 3.05) is 5.32 Å². The van der Waals surface area contributed by atoms with Crippen LogP contribution in [0.1, 0.15) is 37.7 Å². The Kier molecular flexibility index (Phi) is 5.34. The van der Waals surface area contributed by atoms with Crippen molar-refractivity contribution in [1.29, 1.82) is 0 Å². The maximum absolute atomic E-state index is 12.8. The number of nitrogens with zero attached hydrogens (tertiary/aromatic N) is 1. The monoisotopic (exact) mass is 377 g/mol. The lowest BCUT2D eigenvalue weighted by Gasteiger charge is -2.27. The van der Waals surface area contributed by atoms with E-state index in [9.17, 15) is 14.4 Å². The highest BCUT2D eigenvalue weighted by molar-refractivity contribution is 6.02. The number of nitrogens with two attached hydrogens (primary N) is 1. The molecule has 1 saturated heterocycles. The second-order valence-corrected chi connectivity index (χ2v) is 7.46. The summed E-state index contributed by atoms with van der Waals surface area (Å²) in [4.78, 5) is 37.8. The Morgan fingerprint density at radius 1 is 1.12 bits per heavy atom. The summed E-state index contributed by atoms with van der Waals surface area (Å²) in [5.41, 5.74) is 7.70. The van der Waals surface area contributed by atoms with Gasteiger partial charge in [0.1, 0.15) is 0 Å². The van der Waals surface area contributed by atoms with Crippen LogP contribution in [0.5, 0.6) is 0 Å². The highest BCUT2D eigenvalue weighted by Crippen LogP contribution is 2.48. The van der Waals surface area contributed by atoms with E-state index in [1.165, 1.54) is 4.90 Å². The van der Waals surface area contributed by atoms with Crippen LogP contribution in [0.3, 0.4) is 0 Å². The second-order valence-electron chi connectivity index (χ2n) is 7.46. The molecule has 2 bridgehead atoms. The van der Waals surface area contributed by atoms with Crippen molar-refractivity contribution in [3.8, 4) is 0 Å². The largest absolute Gasteiger partial charge is 0.327 e. The molecule has 1 aromatic rings. The SMILES string of the molecule is Cl.NC1C2CCC(C2)C1C(=O)Nc1ccccc1CN1C(=O)CCC1=O. The lowest BCUT2D eigenvalue weighted by molar-refractivity contribution is -0.139. The number of imide groups is 1. The number of likely N-dealkylation sites (tertiary alicyclic amines) is 1. The molecule has 4 unspecified atom stereocenters. The maximum Gasteiger partial charge on any atom is 0.229 e. The van der Waals surface area contributed by atoms with Crippen molar-refractivity contribution in [2.24, 2.45) is 23.5 Å². The molecule has 0 aromatic heterocycles. The average Bonchev–Trinajstić information content (AvgIpc) is 3.27. The van der Waals surface area contributed by atoms with E-state index < -0.39 is 0 Å². The third-order valence-electron chi connectivity index (χ3n) is 6.04. The van der Waals surface area contributed by atoms with Crippen LogP contribution in [0.25, 0.3) is 0 Å². The molecule has 0 radical (unpaired) electrons. The van der Waals surface area contributed by atoms with Gasteiger partial charge in [-0.2, -0.15) is 0 Å². The van der Waals surface area contributed by atoms with E-state index in [0.29, 0.717) is 17.5 Å². The van der Waals surface area contributed by atoms with E-state index >= 15 is 0 Å². The molecule has 1 heterocycles. The van der Waals surface area contributed by atoms with Gasteiger partial charge in [-0.25, -0.2) is 0 Å². The van der Waals surface area contributed by atoms with Gasteiger partial charge in [0.25, 0.3) is 0 Å². The molecular formula is C19H24ClN3O3. The third-order valence-corrected chi connectivity index (χ3v) is 6.04. The summed E-state index contributed by atoms with van der Waals surface area (Å²) in [5.74, 6) is 0.375. The molecule has 0 spiro atoms. The van der Waals surface area contributed by atoms with Crippen molar-refractivity contribution < 1.29 is 14.4 Å². The van der Waals surface area contributed by atoms with Crippen LogP contribution >= 0.6 is 12.4 Å². The summed E-state index contributed by atoms with van der Waals surface area (Å²) in [5, 5.41) is 3.00. The van der Waals surface area contributed by atoms with Crippen LogP contribution in [-0.2, 0) is 20.9 Å². The molecule has 3 amide bonds. The number of nitrogens with one attached hydrogen (secondary N) is 1. The van der Waals surface area contributed by atoms with Crippen LogP contribution in [0.15, 0.2) is 24.3 Å². The van der Waals surface area contributed by atoms with Crippen molar-refractivity contribution in [3.63, 3.8) is 0 Å². The number of para-hydroxylation sites is 1. The first-order chi connectivity index (χ1) is 12.0. The number of halogens is 1. The average molecular weight is 378 g/mol. The van der Waals surface area contributed by atoms with Crippen LogP contribution in [-0.4, -0.2) is 28.7 Å². The lowest BCUT2D eigenvalue weighted by Crippen LogP contribution is -2.42. The highest BCUT2D eigenvalue weighted by Gasteiger charge is 2.49. The van der Waals surface area contributed by atoms with Gasteiger partial charge in [-0.05, 0) is 42.7 Å². The quantitative estimate of drug-likeness (QED) is 0.785. The Balaban J connectivity index is 0.00000196. The Morgan fingerprint density at radius 3 is 2.42 bits per heavy atom. The molecule has 3 fully saturated rings. The lowest BCUT2D eigenvalue weighted by atomic mass is 9.84. The second kappa shape index (κ2) is 7.37. The number of amides is 3. The van der Waals surface area contributed by atoms with Crippen LogP contribution in [0.2, 0.25) is 0 Å². The minimum atomic E-state index is -0.152. The minimum Gasteiger partial charge on any atom is -0.327 e. The summed E-state index contributed by atoms with van der Waals surface area (Å²) >= 11 is 0. The Bertz CT molecular complexity index is 720. The number of benzene rings is 1. The number of carbonyl (C=O) groups is 3. The zero-order valence-corrected chi connectivity index (χ0v) is 15.3. The van der Waals surface area contributed by atoms with Gasteiger partial charge in [0.05, 0.1) is 12.5 Å². The number of hydrogen-bond acceptors (Lipinski definition) is 4. The van der Waals surface area contributed by atoms with Gasteiger partial charge in [-0.3, -0.25) is 19.3 Å². The molecule has 4 atom stereocenters. The van der Waals surface area contributed by atoms with Gasteiger partial charge >= 0.3 is 0 Å². The molecule has 26 heavy (non-hydrogen) atoms. The van der Waals surface area contributed by atoms with Crippen molar-refractivity contribution >= 4 is 35.8 Å². The third kappa shape index (κ3) is 3.23. The molecular weight excluding hydrogens is 354 g/mol. The van der Waals surface area contributed by atoms with Crippen molar-refractivity contribution in [2.45, 2.75) is 44.7 Å². The molecule has 1 aromatic carbocycles. The summed E-state index contributed by atoms with van der Waals surface area (Å²) in [6, 6.07) is 7.28. The summed E-state index contributed by atoms with van der Waals surface area (Å²) < 4.78 is 0. The van der Waals surface area contributed by atoms with Gasteiger partial charge in [-0.15, -0.1) is 12.4 Å². The van der Waals surface area contributed by atoms with E-state index in [1.54, 1.807) is 0 Å². The predicted molar refractivity (Wildman–Crippen MR) is 99.4 cm³/mol. The molecule has 2 aliphatic carbocycles. The Morgan fingerprint density at radius 2 is 1.77 bits per heavy atom. The standard InChI is InChI=1S/C19H23N3O3.ClH/c20-18-12-6-5-11(9-12)17(18)19(25)21-14-4-2-1-3-13(14)10-22-15(23)7-8-16(22)24;/h1-4,11-12,17-18H,5-10,20H2,(H,21,25);1H. The van der Waals surface area contributed by atoms with Gasteiger partial charge < -0.3 is 11.1 Å². The number of rotatable bonds is 4. The Hall–Kier alpha value is -1.92. The zero-order valence-electron chi connectivity index (χ0n) is 14.5. The number of hydrogen-bond donors (Lipinski definition) is 2. The van der Waals surface area contributed by atoms with E-state index in [-0.39, 0.29) is 61.5 Å². The van der Waals surface area contributed by atoms with Crippen LogP contribution in [0.4, 0.5) is 5.69 Å². The number of anilines is 1. The van der Waals surface area contributed by atoms with Crippen LogP contribution in [0, 0.1) is 17.8 Å². The number of fused-ring (bicyclic) bond motifs is 2. The van der Waals surface area contributed by atoms with Gasteiger partial charge in [0, 0.05) is 24.6 Å². The van der Waals surface area contributed by atoms with Crippen LogP contribution < -0.4 is 11.1 Å².